The van der Waals surface area contributed by atoms with Gasteiger partial charge in [-0.05, 0) is 0 Å². The fraction of sp³-hybridized carbons (Fsp3) is 0.111. The summed E-state index contributed by atoms with van der Waals surface area (Å²) in [7, 11) is 0. The minimum Gasteiger partial charge on any atom is -0.324 e. The summed E-state index contributed by atoms with van der Waals surface area (Å²) in [6.07, 6.45) is 3.94. The van der Waals surface area contributed by atoms with Gasteiger partial charge in [-0.2, -0.15) is 0 Å². The van der Waals surface area contributed by atoms with Crippen molar-refractivity contribution >= 4 is 0 Å². The van der Waals surface area contributed by atoms with Crippen LogP contribution in [0.3, 0.4) is 0 Å². The summed E-state index contributed by atoms with van der Waals surface area (Å²) in [6, 6.07) is 0.766. The van der Waals surface area contributed by atoms with Gasteiger partial charge in [-0.15, -0.1) is 0 Å². The maximum Gasteiger partial charge on any atom is 0.174 e. The van der Waals surface area contributed by atoms with Crippen molar-refractivity contribution in [2.24, 2.45) is 5.73 Å². The Morgan fingerprint density at radius 3 is 2.80 bits per heavy atom. The van der Waals surface area contributed by atoms with Crippen molar-refractivity contribution in [3.05, 3.63) is 42.1 Å². The summed E-state index contributed by atoms with van der Waals surface area (Å²) >= 11 is 0. The van der Waals surface area contributed by atoms with Crippen molar-refractivity contribution in [2.75, 3.05) is 0 Å². The summed E-state index contributed by atoms with van der Waals surface area (Å²) < 4.78 is 27.3. The molecule has 0 bridgehead atoms. The summed E-state index contributed by atoms with van der Waals surface area (Å²) in [4.78, 5) is 7.56. The molecular weight excluding hydrogens is 202 g/mol. The molecule has 2 rings (SSSR count). The molecule has 0 aliphatic rings. The topological polar surface area (TPSA) is 56.7 Å². The third-order valence-corrected chi connectivity index (χ3v) is 1.92. The van der Waals surface area contributed by atoms with Crippen LogP contribution in [0.25, 0.3) is 5.82 Å². The van der Waals surface area contributed by atoms with E-state index in [4.69, 9.17) is 5.73 Å². The SMILES string of the molecule is NCc1nccn1-c1ncc(F)cc1F. The minimum atomic E-state index is -0.747. The number of hydrogen-bond acceptors (Lipinski definition) is 3. The van der Waals surface area contributed by atoms with Crippen molar-refractivity contribution in [2.45, 2.75) is 6.54 Å². The molecule has 78 valence electrons. The Bertz CT molecular complexity index is 481. The van der Waals surface area contributed by atoms with Gasteiger partial charge in [-0.1, -0.05) is 0 Å². The molecular formula is C9H8F2N4. The fourth-order valence-corrected chi connectivity index (χ4v) is 1.26. The number of nitrogens with zero attached hydrogens (tertiary/aromatic N) is 3. The first kappa shape index (κ1) is 9.72. The van der Waals surface area contributed by atoms with E-state index in [9.17, 15) is 8.78 Å². The van der Waals surface area contributed by atoms with Crippen LogP contribution < -0.4 is 5.73 Å². The second-order valence-corrected chi connectivity index (χ2v) is 2.88. The third-order valence-electron chi connectivity index (χ3n) is 1.92. The quantitative estimate of drug-likeness (QED) is 0.804. The van der Waals surface area contributed by atoms with Gasteiger partial charge < -0.3 is 5.73 Å². The van der Waals surface area contributed by atoms with Crippen LogP contribution in [0.2, 0.25) is 0 Å². The molecule has 0 spiro atoms. The van der Waals surface area contributed by atoms with Crippen LogP contribution in [0.15, 0.2) is 24.7 Å². The van der Waals surface area contributed by atoms with Crippen LogP contribution in [0.4, 0.5) is 8.78 Å². The highest BCUT2D eigenvalue weighted by atomic mass is 19.1. The number of imidazole rings is 1. The molecule has 0 aliphatic heterocycles. The zero-order valence-electron chi connectivity index (χ0n) is 7.69. The van der Waals surface area contributed by atoms with Crippen molar-refractivity contribution in [3.63, 3.8) is 0 Å². The fourth-order valence-electron chi connectivity index (χ4n) is 1.26. The highest BCUT2D eigenvalue weighted by molar-refractivity contribution is 5.26. The maximum atomic E-state index is 13.3. The number of aromatic nitrogens is 3. The van der Waals surface area contributed by atoms with Gasteiger partial charge in [-0.25, -0.2) is 18.7 Å². The molecule has 0 atom stereocenters. The number of hydrogen-bond donors (Lipinski definition) is 1. The van der Waals surface area contributed by atoms with E-state index in [0.29, 0.717) is 5.82 Å². The van der Waals surface area contributed by atoms with Gasteiger partial charge in [0.2, 0.25) is 0 Å². The van der Waals surface area contributed by atoms with Crippen LogP contribution in [0.5, 0.6) is 0 Å². The van der Waals surface area contributed by atoms with E-state index < -0.39 is 11.6 Å². The van der Waals surface area contributed by atoms with Crippen LogP contribution in [-0.4, -0.2) is 14.5 Å². The standard InChI is InChI=1S/C9H8F2N4/c10-6-3-7(11)9(14-5-6)15-2-1-13-8(15)4-12/h1-3,5H,4,12H2. The smallest absolute Gasteiger partial charge is 0.174 e. The van der Waals surface area contributed by atoms with E-state index in [0.717, 1.165) is 12.3 Å². The number of rotatable bonds is 2. The number of nitrogens with two attached hydrogens (primary N) is 1. The predicted molar refractivity (Wildman–Crippen MR) is 49.2 cm³/mol. The van der Waals surface area contributed by atoms with Crippen LogP contribution in [0.1, 0.15) is 5.82 Å². The van der Waals surface area contributed by atoms with E-state index in [-0.39, 0.29) is 12.4 Å². The van der Waals surface area contributed by atoms with E-state index in [1.54, 1.807) is 0 Å². The summed E-state index contributed by atoms with van der Waals surface area (Å²) in [5, 5.41) is 0. The van der Waals surface area contributed by atoms with E-state index in [2.05, 4.69) is 9.97 Å². The average molecular weight is 210 g/mol. The van der Waals surface area contributed by atoms with Gasteiger partial charge in [0.15, 0.2) is 11.6 Å². The molecule has 6 heteroatoms. The molecule has 0 fully saturated rings. The first-order valence-electron chi connectivity index (χ1n) is 4.26. The molecule has 2 heterocycles. The molecule has 4 nitrogen and oxygen atoms in total. The lowest BCUT2D eigenvalue weighted by atomic mass is 10.4. The summed E-state index contributed by atoms with van der Waals surface area (Å²) in [6.45, 7) is 0.158. The Morgan fingerprint density at radius 1 is 1.33 bits per heavy atom. The molecule has 0 aromatic carbocycles. The molecule has 0 saturated carbocycles. The molecule has 2 aromatic heterocycles. The zero-order chi connectivity index (χ0) is 10.8. The van der Waals surface area contributed by atoms with E-state index in [1.807, 2.05) is 0 Å². The van der Waals surface area contributed by atoms with Gasteiger partial charge in [0.1, 0.15) is 11.6 Å². The minimum absolute atomic E-state index is 0.00523. The van der Waals surface area contributed by atoms with Gasteiger partial charge in [0.25, 0.3) is 0 Å². The molecule has 0 aliphatic carbocycles. The molecule has 0 radical (unpaired) electrons. The summed E-state index contributed by atoms with van der Waals surface area (Å²) in [5.41, 5.74) is 5.40. The lowest BCUT2D eigenvalue weighted by Gasteiger charge is -2.05. The van der Waals surface area contributed by atoms with Crippen molar-refractivity contribution < 1.29 is 8.78 Å². The van der Waals surface area contributed by atoms with Gasteiger partial charge in [-0.3, -0.25) is 4.57 Å². The molecule has 0 saturated heterocycles. The van der Waals surface area contributed by atoms with Crippen LogP contribution >= 0.6 is 0 Å². The highest BCUT2D eigenvalue weighted by Crippen LogP contribution is 2.12. The highest BCUT2D eigenvalue weighted by Gasteiger charge is 2.10. The van der Waals surface area contributed by atoms with Gasteiger partial charge in [0, 0.05) is 18.5 Å². The first-order chi connectivity index (χ1) is 7.22. The molecule has 0 unspecified atom stereocenters. The first-order valence-corrected chi connectivity index (χ1v) is 4.26. The Labute approximate surface area is 84.4 Å². The lowest BCUT2D eigenvalue weighted by molar-refractivity contribution is 0.563. The van der Waals surface area contributed by atoms with E-state index >= 15 is 0 Å². The van der Waals surface area contributed by atoms with Crippen molar-refractivity contribution in [1.29, 1.82) is 0 Å². The van der Waals surface area contributed by atoms with Crippen LogP contribution in [0, 0.1) is 11.6 Å². The molecule has 15 heavy (non-hydrogen) atoms. The second kappa shape index (κ2) is 3.74. The average Bonchev–Trinajstić information content (AvgIpc) is 2.65. The zero-order valence-corrected chi connectivity index (χ0v) is 7.69. The predicted octanol–water partition coefficient (Wildman–Crippen LogP) is 1.00. The maximum absolute atomic E-state index is 13.3. The lowest BCUT2D eigenvalue weighted by Crippen LogP contribution is -2.09. The number of pyridine rings is 1. The van der Waals surface area contributed by atoms with Crippen LogP contribution in [-0.2, 0) is 6.54 Å². The van der Waals surface area contributed by atoms with Crippen molar-refractivity contribution in [3.8, 4) is 5.82 Å². The Balaban J connectivity index is 2.54. The largest absolute Gasteiger partial charge is 0.324 e. The second-order valence-electron chi connectivity index (χ2n) is 2.88. The van der Waals surface area contributed by atoms with Gasteiger partial charge >= 0.3 is 0 Å². The van der Waals surface area contributed by atoms with Gasteiger partial charge in [0.05, 0.1) is 12.7 Å². The Kier molecular flexibility index (Phi) is 2.42. The Hall–Kier alpha value is -1.82. The molecule has 0 amide bonds. The Morgan fingerprint density at radius 2 is 2.13 bits per heavy atom. The molecule has 2 N–H and O–H groups in total. The third kappa shape index (κ3) is 1.71. The number of halogens is 2. The van der Waals surface area contributed by atoms with Crippen molar-refractivity contribution in [1.82, 2.24) is 14.5 Å². The summed E-state index contributed by atoms with van der Waals surface area (Å²) in [5.74, 6) is -1.00. The molecule has 2 aromatic rings. The monoisotopic (exact) mass is 210 g/mol. The van der Waals surface area contributed by atoms with E-state index in [1.165, 1.54) is 17.0 Å². The normalized spacial score (nSPS) is 10.6.